The predicted molar refractivity (Wildman–Crippen MR) is 103 cm³/mol. The van der Waals surface area contributed by atoms with Crippen molar-refractivity contribution in [2.24, 2.45) is 4.99 Å². The molecular weight excluding hydrogens is 336 g/mol. The van der Waals surface area contributed by atoms with Gasteiger partial charge < -0.3 is 15.2 Å². The molecule has 136 valence electrons. The summed E-state index contributed by atoms with van der Waals surface area (Å²) in [6, 6.07) is 7.98. The minimum absolute atomic E-state index is 0.757. The van der Waals surface area contributed by atoms with E-state index in [1.165, 1.54) is 5.56 Å². The van der Waals surface area contributed by atoms with Crippen molar-refractivity contribution in [2.45, 2.75) is 39.7 Å². The van der Waals surface area contributed by atoms with Crippen LogP contribution < -0.4 is 10.6 Å². The van der Waals surface area contributed by atoms with Crippen molar-refractivity contribution in [3.8, 4) is 0 Å². The zero-order chi connectivity index (χ0) is 17.9. The zero-order valence-corrected chi connectivity index (χ0v) is 15.8. The molecule has 0 bridgehead atoms. The van der Waals surface area contributed by atoms with Gasteiger partial charge in [0.15, 0.2) is 5.96 Å². The van der Waals surface area contributed by atoms with Gasteiger partial charge in [-0.15, -0.1) is 10.2 Å². The minimum Gasteiger partial charge on any atom is -0.357 e. The standard InChI is InChI=1S/C18H27ClN6/c1-3-17-24-23-14-25(17)13-12-22-18(20-4-2)21-11-7-9-15-8-5-6-10-16(15)19/h5-6,8,10,14H,3-4,7,9,11-13H2,1-2H3,(H2,20,21,22). The fraction of sp³-hybridized carbons (Fsp3) is 0.500. The third-order valence-corrected chi connectivity index (χ3v) is 4.20. The number of hydrogen-bond donors (Lipinski definition) is 2. The molecule has 0 fully saturated rings. The first-order valence-corrected chi connectivity index (χ1v) is 9.24. The number of nitrogens with zero attached hydrogens (tertiary/aromatic N) is 4. The number of benzene rings is 1. The maximum atomic E-state index is 6.18. The van der Waals surface area contributed by atoms with Crippen LogP contribution in [0.5, 0.6) is 0 Å². The molecule has 0 unspecified atom stereocenters. The Morgan fingerprint density at radius 3 is 2.84 bits per heavy atom. The average Bonchev–Trinajstić information content (AvgIpc) is 3.07. The summed E-state index contributed by atoms with van der Waals surface area (Å²) in [5, 5.41) is 15.5. The Balaban J connectivity index is 1.77. The van der Waals surface area contributed by atoms with Crippen molar-refractivity contribution < 1.29 is 0 Å². The first kappa shape index (κ1) is 19.2. The molecule has 7 heteroatoms. The summed E-state index contributed by atoms with van der Waals surface area (Å²) in [5.74, 6) is 1.84. The molecule has 0 aliphatic carbocycles. The second kappa shape index (κ2) is 10.7. The van der Waals surface area contributed by atoms with Gasteiger partial charge in [-0.25, -0.2) is 0 Å². The van der Waals surface area contributed by atoms with Crippen molar-refractivity contribution in [1.29, 1.82) is 0 Å². The number of hydrogen-bond acceptors (Lipinski definition) is 3. The molecule has 0 radical (unpaired) electrons. The molecule has 6 nitrogen and oxygen atoms in total. The largest absolute Gasteiger partial charge is 0.357 e. The highest BCUT2D eigenvalue weighted by Gasteiger charge is 2.02. The van der Waals surface area contributed by atoms with Crippen molar-refractivity contribution in [3.63, 3.8) is 0 Å². The Morgan fingerprint density at radius 2 is 2.08 bits per heavy atom. The number of halogens is 1. The molecule has 0 amide bonds. The van der Waals surface area contributed by atoms with E-state index in [-0.39, 0.29) is 0 Å². The number of aryl methyl sites for hydroxylation is 2. The van der Waals surface area contributed by atoms with Gasteiger partial charge in [-0.3, -0.25) is 4.99 Å². The van der Waals surface area contributed by atoms with Gasteiger partial charge in [-0.05, 0) is 31.4 Å². The van der Waals surface area contributed by atoms with Crippen LogP contribution in [-0.4, -0.2) is 40.4 Å². The topological polar surface area (TPSA) is 67.1 Å². The smallest absolute Gasteiger partial charge is 0.191 e. The monoisotopic (exact) mass is 362 g/mol. The molecule has 2 aromatic rings. The maximum absolute atomic E-state index is 6.18. The van der Waals surface area contributed by atoms with Gasteiger partial charge in [0.05, 0.1) is 0 Å². The molecule has 0 atom stereocenters. The lowest BCUT2D eigenvalue weighted by Gasteiger charge is -2.12. The number of guanidine groups is 1. The fourth-order valence-corrected chi connectivity index (χ4v) is 2.77. The molecule has 0 spiro atoms. The van der Waals surface area contributed by atoms with Crippen LogP contribution in [0.4, 0.5) is 0 Å². The summed E-state index contributed by atoms with van der Waals surface area (Å²) in [6.07, 6.45) is 4.55. The quantitative estimate of drug-likeness (QED) is 0.409. The van der Waals surface area contributed by atoms with Gasteiger partial charge in [0, 0.05) is 37.6 Å². The lowest BCUT2D eigenvalue weighted by molar-refractivity contribution is 0.632. The van der Waals surface area contributed by atoms with Crippen molar-refractivity contribution in [3.05, 3.63) is 47.0 Å². The van der Waals surface area contributed by atoms with E-state index in [0.717, 1.165) is 62.2 Å². The highest BCUT2D eigenvalue weighted by Crippen LogP contribution is 2.16. The van der Waals surface area contributed by atoms with Crippen LogP contribution in [0.1, 0.15) is 31.7 Å². The van der Waals surface area contributed by atoms with Gasteiger partial charge >= 0.3 is 0 Å². The highest BCUT2D eigenvalue weighted by atomic mass is 35.5. The van der Waals surface area contributed by atoms with Gasteiger partial charge in [0.25, 0.3) is 0 Å². The Morgan fingerprint density at radius 1 is 1.24 bits per heavy atom. The second-order valence-corrected chi connectivity index (χ2v) is 6.08. The van der Waals surface area contributed by atoms with Crippen molar-refractivity contribution >= 4 is 17.6 Å². The highest BCUT2D eigenvalue weighted by molar-refractivity contribution is 6.31. The Kier molecular flexibility index (Phi) is 8.25. The van der Waals surface area contributed by atoms with E-state index >= 15 is 0 Å². The maximum Gasteiger partial charge on any atom is 0.191 e. The van der Waals surface area contributed by atoms with Crippen LogP contribution in [0.15, 0.2) is 35.6 Å². The van der Waals surface area contributed by atoms with Crippen LogP contribution in [-0.2, 0) is 19.4 Å². The first-order valence-electron chi connectivity index (χ1n) is 8.86. The molecule has 1 aromatic carbocycles. The SMILES string of the molecule is CCNC(=NCCCc1ccccc1Cl)NCCn1cnnc1CC. The van der Waals surface area contributed by atoms with Crippen LogP contribution >= 0.6 is 11.6 Å². The summed E-state index contributed by atoms with van der Waals surface area (Å²) < 4.78 is 2.06. The molecular formula is C18H27ClN6. The van der Waals surface area contributed by atoms with Crippen LogP contribution in [0.3, 0.4) is 0 Å². The van der Waals surface area contributed by atoms with Gasteiger partial charge in [0.1, 0.15) is 12.2 Å². The Bertz CT molecular complexity index is 667. The molecule has 0 aliphatic rings. The molecule has 25 heavy (non-hydrogen) atoms. The molecule has 0 saturated heterocycles. The molecule has 0 saturated carbocycles. The zero-order valence-electron chi connectivity index (χ0n) is 15.0. The summed E-state index contributed by atoms with van der Waals surface area (Å²) in [4.78, 5) is 4.63. The third-order valence-electron chi connectivity index (χ3n) is 3.83. The first-order chi connectivity index (χ1) is 12.2. The summed E-state index contributed by atoms with van der Waals surface area (Å²) in [6.45, 7) is 7.34. The van der Waals surface area contributed by atoms with E-state index < -0.39 is 0 Å². The Hall–Kier alpha value is -2.08. The molecule has 0 aliphatic heterocycles. The predicted octanol–water partition coefficient (Wildman–Crippen LogP) is 2.68. The summed E-state index contributed by atoms with van der Waals surface area (Å²) in [7, 11) is 0. The number of aromatic nitrogens is 3. The molecule has 1 heterocycles. The van der Waals surface area contributed by atoms with Crippen molar-refractivity contribution in [2.75, 3.05) is 19.6 Å². The van der Waals surface area contributed by atoms with E-state index in [1.54, 1.807) is 6.33 Å². The fourth-order valence-electron chi connectivity index (χ4n) is 2.54. The van der Waals surface area contributed by atoms with E-state index in [9.17, 15) is 0 Å². The van der Waals surface area contributed by atoms with Crippen LogP contribution in [0.2, 0.25) is 5.02 Å². The third kappa shape index (κ3) is 6.38. The molecule has 2 rings (SSSR count). The minimum atomic E-state index is 0.757. The van der Waals surface area contributed by atoms with E-state index in [1.807, 2.05) is 18.2 Å². The van der Waals surface area contributed by atoms with Crippen LogP contribution in [0, 0.1) is 0 Å². The normalized spacial score (nSPS) is 11.6. The van der Waals surface area contributed by atoms with Gasteiger partial charge in [-0.2, -0.15) is 0 Å². The van der Waals surface area contributed by atoms with Gasteiger partial charge in [0.2, 0.25) is 0 Å². The number of rotatable bonds is 9. The lowest BCUT2D eigenvalue weighted by atomic mass is 10.1. The number of nitrogens with one attached hydrogen (secondary N) is 2. The summed E-state index contributed by atoms with van der Waals surface area (Å²) >= 11 is 6.18. The van der Waals surface area contributed by atoms with E-state index in [2.05, 4.69) is 50.3 Å². The molecule has 1 aromatic heterocycles. The lowest BCUT2D eigenvalue weighted by Crippen LogP contribution is -2.39. The second-order valence-electron chi connectivity index (χ2n) is 5.68. The van der Waals surface area contributed by atoms with E-state index in [4.69, 9.17) is 11.6 Å². The number of aliphatic imine (C=N–C) groups is 1. The van der Waals surface area contributed by atoms with Gasteiger partial charge in [-0.1, -0.05) is 36.7 Å². The van der Waals surface area contributed by atoms with Crippen molar-refractivity contribution in [1.82, 2.24) is 25.4 Å². The van der Waals surface area contributed by atoms with E-state index in [0.29, 0.717) is 0 Å². The Labute approximate surface area is 154 Å². The molecule has 2 N–H and O–H groups in total. The summed E-state index contributed by atoms with van der Waals surface area (Å²) in [5.41, 5.74) is 1.18. The average molecular weight is 363 g/mol. The van der Waals surface area contributed by atoms with Crippen LogP contribution in [0.25, 0.3) is 0 Å².